The van der Waals surface area contributed by atoms with Gasteiger partial charge < -0.3 is 10.8 Å². The molecule has 1 atom stereocenters. The van der Waals surface area contributed by atoms with E-state index in [1.165, 1.54) is 14.1 Å². The molecule has 0 aromatic carbocycles. The Hall–Kier alpha value is -0.700. The van der Waals surface area contributed by atoms with Crippen LogP contribution in [0.5, 0.6) is 0 Å². The molecule has 4 N–H and O–H groups in total. The highest BCUT2D eigenvalue weighted by atomic mass is 32.2. The second kappa shape index (κ2) is 5.25. The predicted molar refractivity (Wildman–Crippen MR) is 50.8 cm³/mol. The average molecular weight is 225 g/mol. The summed E-state index contributed by atoms with van der Waals surface area (Å²) < 4.78 is 25.4. The van der Waals surface area contributed by atoms with Crippen LogP contribution in [0.15, 0.2) is 0 Å². The lowest BCUT2D eigenvalue weighted by atomic mass is 10.2. The quantitative estimate of drug-likeness (QED) is 0.493. The fourth-order valence-corrected chi connectivity index (χ4v) is 1.23. The molecule has 8 heteroatoms. The van der Waals surface area contributed by atoms with Crippen LogP contribution >= 0.6 is 0 Å². The number of nitrogens with zero attached hydrogens (tertiary/aromatic N) is 1. The Bertz CT molecular complexity index is 287. The van der Waals surface area contributed by atoms with Gasteiger partial charge in [-0.1, -0.05) is 0 Å². The molecule has 0 saturated carbocycles. The van der Waals surface area contributed by atoms with Crippen molar-refractivity contribution < 1.29 is 18.3 Å². The summed E-state index contributed by atoms with van der Waals surface area (Å²) in [5.74, 6) is -1.14. The van der Waals surface area contributed by atoms with E-state index in [1.807, 2.05) is 0 Å². The maximum absolute atomic E-state index is 11.1. The lowest BCUT2D eigenvalue weighted by molar-refractivity contribution is -0.138. The summed E-state index contributed by atoms with van der Waals surface area (Å²) in [4.78, 5) is 10.3. The largest absolute Gasteiger partial charge is 0.480 e. The molecule has 14 heavy (non-hydrogen) atoms. The molecule has 0 amide bonds. The van der Waals surface area contributed by atoms with Crippen molar-refractivity contribution in [3.05, 3.63) is 0 Å². The topological polar surface area (TPSA) is 113 Å². The van der Waals surface area contributed by atoms with E-state index in [0.717, 1.165) is 4.31 Å². The maximum Gasteiger partial charge on any atom is 0.320 e. The molecule has 0 spiro atoms. The molecule has 0 heterocycles. The summed E-state index contributed by atoms with van der Waals surface area (Å²) >= 11 is 0. The van der Waals surface area contributed by atoms with E-state index in [0.29, 0.717) is 0 Å². The molecule has 84 valence electrons. The number of carboxylic acids is 1. The molecule has 7 nitrogen and oxygen atoms in total. The van der Waals surface area contributed by atoms with Gasteiger partial charge in [-0.05, 0) is 6.42 Å². The molecule has 0 aliphatic heterocycles. The fourth-order valence-electron chi connectivity index (χ4n) is 0.596. The van der Waals surface area contributed by atoms with Crippen molar-refractivity contribution >= 4 is 16.2 Å². The zero-order valence-corrected chi connectivity index (χ0v) is 8.91. The monoisotopic (exact) mass is 225 g/mol. The zero-order chi connectivity index (χ0) is 11.4. The third-order valence-electron chi connectivity index (χ3n) is 1.54. The number of carboxylic acid groups (broad SMARTS) is 1. The molecule has 0 aromatic heterocycles. The lowest BCUT2D eigenvalue weighted by Gasteiger charge is -2.13. The number of nitrogens with one attached hydrogen (secondary N) is 1. The van der Waals surface area contributed by atoms with Gasteiger partial charge in [0.05, 0.1) is 0 Å². The molecule has 0 unspecified atom stereocenters. The van der Waals surface area contributed by atoms with Crippen LogP contribution in [0, 0.1) is 0 Å². The SMILES string of the molecule is CN(C)S(=O)(=O)NCC[C@H](N)C(=O)O. The highest BCUT2D eigenvalue weighted by Crippen LogP contribution is 1.91. The van der Waals surface area contributed by atoms with Gasteiger partial charge >= 0.3 is 5.97 Å². The summed E-state index contributed by atoms with van der Waals surface area (Å²) in [6.45, 7) is 0.00792. The molecule has 0 saturated heterocycles. The minimum atomic E-state index is -3.48. The van der Waals surface area contributed by atoms with E-state index in [4.69, 9.17) is 10.8 Å². The zero-order valence-electron chi connectivity index (χ0n) is 8.10. The van der Waals surface area contributed by atoms with E-state index < -0.39 is 22.2 Å². The number of carbonyl (C=O) groups is 1. The standard InChI is InChI=1S/C6H15N3O4S/c1-9(2)14(12,13)8-4-3-5(7)6(10)11/h5,8H,3-4,7H2,1-2H3,(H,10,11)/t5-/m0/s1. The Morgan fingerprint density at radius 3 is 2.43 bits per heavy atom. The minimum Gasteiger partial charge on any atom is -0.480 e. The third-order valence-corrected chi connectivity index (χ3v) is 3.07. The van der Waals surface area contributed by atoms with Gasteiger partial charge in [-0.3, -0.25) is 4.79 Å². The molecule has 0 bridgehead atoms. The van der Waals surface area contributed by atoms with E-state index in [2.05, 4.69) is 4.72 Å². The van der Waals surface area contributed by atoms with E-state index in [-0.39, 0.29) is 13.0 Å². The summed E-state index contributed by atoms with van der Waals surface area (Å²) in [5.41, 5.74) is 5.17. The molecule has 0 aliphatic carbocycles. The number of aliphatic carboxylic acids is 1. The molecular weight excluding hydrogens is 210 g/mol. The van der Waals surface area contributed by atoms with Crippen molar-refractivity contribution in [2.24, 2.45) is 5.73 Å². The smallest absolute Gasteiger partial charge is 0.320 e. The summed E-state index contributed by atoms with van der Waals surface area (Å²) in [6.07, 6.45) is 0.0579. The normalized spacial score (nSPS) is 14.3. The summed E-state index contributed by atoms with van der Waals surface area (Å²) in [5, 5.41) is 8.41. The van der Waals surface area contributed by atoms with Crippen LogP contribution in [0.3, 0.4) is 0 Å². The molecule has 0 rings (SSSR count). The number of hydrogen-bond donors (Lipinski definition) is 3. The van der Waals surface area contributed by atoms with E-state index in [9.17, 15) is 13.2 Å². The van der Waals surface area contributed by atoms with Crippen molar-refractivity contribution in [1.29, 1.82) is 0 Å². The molecular formula is C6H15N3O4S. The Morgan fingerprint density at radius 1 is 1.57 bits per heavy atom. The first-order valence-corrected chi connectivity index (χ1v) is 5.37. The van der Waals surface area contributed by atoms with Gasteiger partial charge in [0.2, 0.25) is 0 Å². The predicted octanol–water partition coefficient (Wildman–Crippen LogP) is -1.82. The number of nitrogens with two attached hydrogens (primary N) is 1. The van der Waals surface area contributed by atoms with Gasteiger partial charge in [-0.25, -0.2) is 4.72 Å². The Balaban J connectivity index is 3.92. The average Bonchev–Trinajstić information content (AvgIpc) is 2.03. The van der Waals surface area contributed by atoms with Gasteiger partial charge in [0.1, 0.15) is 6.04 Å². The van der Waals surface area contributed by atoms with Crippen molar-refractivity contribution in [2.45, 2.75) is 12.5 Å². The van der Waals surface area contributed by atoms with Crippen LogP contribution < -0.4 is 10.5 Å². The van der Waals surface area contributed by atoms with Crippen molar-refractivity contribution in [1.82, 2.24) is 9.03 Å². The maximum atomic E-state index is 11.1. The Morgan fingerprint density at radius 2 is 2.07 bits per heavy atom. The molecule has 0 radical (unpaired) electrons. The van der Waals surface area contributed by atoms with Crippen LogP contribution in [-0.2, 0) is 15.0 Å². The first-order chi connectivity index (χ1) is 6.27. The highest BCUT2D eigenvalue weighted by Gasteiger charge is 2.15. The molecule has 0 aliphatic rings. The lowest BCUT2D eigenvalue weighted by Crippen LogP contribution is -2.39. The second-order valence-corrected chi connectivity index (χ2v) is 4.88. The van der Waals surface area contributed by atoms with Gasteiger partial charge in [-0.15, -0.1) is 0 Å². The van der Waals surface area contributed by atoms with Crippen LogP contribution in [0.4, 0.5) is 0 Å². The van der Waals surface area contributed by atoms with Gasteiger partial charge in [0.25, 0.3) is 10.2 Å². The second-order valence-electron chi connectivity index (χ2n) is 2.92. The first kappa shape index (κ1) is 13.3. The van der Waals surface area contributed by atoms with E-state index in [1.54, 1.807) is 0 Å². The van der Waals surface area contributed by atoms with Crippen molar-refractivity contribution in [3.8, 4) is 0 Å². The van der Waals surface area contributed by atoms with Crippen molar-refractivity contribution in [3.63, 3.8) is 0 Å². The van der Waals surface area contributed by atoms with E-state index >= 15 is 0 Å². The van der Waals surface area contributed by atoms with Crippen LogP contribution in [0.1, 0.15) is 6.42 Å². The summed E-state index contributed by atoms with van der Waals surface area (Å²) in [7, 11) is -0.736. The molecule has 0 fully saturated rings. The highest BCUT2D eigenvalue weighted by molar-refractivity contribution is 7.87. The van der Waals surface area contributed by atoms with Crippen LogP contribution in [0.2, 0.25) is 0 Å². The molecule has 0 aromatic rings. The van der Waals surface area contributed by atoms with Crippen LogP contribution in [0.25, 0.3) is 0 Å². The van der Waals surface area contributed by atoms with Crippen molar-refractivity contribution in [2.75, 3.05) is 20.6 Å². The van der Waals surface area contributed by atoms with Gasteiger partial charge in [0, 0.05) is 20.6 Å². The fraction of sp³-hybridized carbons (Fsp3) is 0.833. The minimum absolute atomic E-state index is 0.00792. The number of hydrogen-bond acceptors (Lipinski definition) is 4. The Kier molecular flexibility index (Phi) is 4.99. The summed E-state index contributed by atoms with van der Waals surface area (Å²) in [6, 6.07) is -1.04. The van der Waals surface area contributed by atoms with Gasteiger partial charge in [0.15, 0.2) is 0 Å². The third kappa shape index (κ3) is 4.51. The number of rotatable bonds is 6. The Labute approximate surface area is 83.1 Å². The van der Waals surface area contributed by atoms with Crippen LogP contribution in [-0.4, -0.2) is 50.5 Å². The first-order valence-electron chi connectivity index (χ1n) is 3.93. The van der Waals surface area contributed by atoms with Gasteiger partial charge in [-0.2, -0.15) is 12.7 Å².